The van der Waals surface area contributed by atoms with Crippen molar-refractivity contribution in [2.24, 2.45) is 5.92 Å². The predicted octanol–water partition coefficient (Wildman–Crippen LogP) is 2.95. The first-order valence-electron chi connectivity index (χ1n) is 8.76. The number of amides is 1. The fraction of sp³-hybridized carbons (Fsp3) is 0.632. The number of piperidine rings is 2. The maximum Gasteiger partial charge on any atom is 0.226 e. The first-order valence-corrected chi connectivity index (χ1v) is 8.76. The number of carbonyl (C=O) groups is 1. The molecular formula is C19H28N2O. The Labute approximate surface area is 134 Å². The van der Waals surface area contributed by atoms with E-state index in [1.807, 2.05) is 30.3 Å². The molecule has 2 saturated heterocycles. The van der Waals surface area contributed by atoms with Crippen LogP contribution in [0.1, 0.15) is 37.7 Å². The van der Waals surface area contributed by atoms with E-state index in [0.717, 1.165) is 30.6 Å². The van der Waals surface area contributed by atoms with Crippen molar-refractivity contribution in [3.8, 4) is 0 Å². The maximum atomic E-state index is 12.4. The highest BCUT2D eigenvalue weighted by molar-refractivity contribution is 5.78. The minimum absolute atomic E-state index is 0.293. The van der Waals surface area contributed by atoms with Crippen LogP contribution < -0.4 is 0 Å². The minimum Gasteiger partial charge on any atom is -0.342 e. The molecule has 3 heteroatoms. The lowest BCUT2D eigenvalue weighted by Crippen LogP contribution is -2.47. The van der Waals surface area contributed by atoms with Crippen LogP contribution in [0.2, 0.25) is 0 Å². The van der Waals surface area contributed by atoms with Gasteiger partial charge in [0, 0.05) is 19.1 Å². The molecule has 0 aliphatic carbocycles. The Bertz CT molecular complexity index is 479. The van der Waals surface area contributed by atoms with Gasteiger partial charge in [-0.25, -0.2) is 0 Å². The summed E-state index contributed by atoms with van der Waals surface area (Å²) < 4.78 is 0. The number of nitrogens with zero attached hydrogens (tertiary/aromatic N) is 2. The lowest BCUT2D eigenvalue weighted by molar-refractivity contribution is -0.132. The number of hydrogen-bond donors (Lipinski definition) is 0. The van der Waals surface area contributed by atoms with Crippen molar-refractivity contribution in [1.82, 2.24) is 9.80 Å². The van der Waals surface area contributed by atoms with Gasteiger partial charge < -0.3 is 9.80 Å². The molecule has 0 radical (unpaired) electrons. The van der Waals surface area contributed by atoms with E-state index in [4.69, 9.17) is 0 Å². The van der Waals surface area contributed by atoms with Crippen LogP contribution in [0.4, 0.5) is 0 Å². The van der Waals surface area contributed by atoms with Gasteiger partial charge in [0.15, 0.2) is 0 Å². The zero-order valence-corrected chi connectivity index (χ0v) is 13.7. The first kappa shape index (κ1) is 15.5. The molecule has 1 aromatic carbocycles. The van der Waals surface area contributed by atoms with E-state index in [-0.39, 0.29) is 0 Å². The molecule has 0 N–H and O–H groups in total. The van der Waals surface area contributed by atoms with Gasteiger partial charge in [0.25, 0.3) is 0 Å². The second kappa shape index (κ2) is 7.28. The molecule has 2 aliphatic heterocycles. The second-order valence-electron chi connectivity index (χ2n) is 6.92. The van der Waals surface area contributed by atoms with Crippen LogP contribution in [-0.2, 0) is 11.2 Å². The quantitative estimate of drug-likeness (QED) is 0.857. The monoisotopic (exact) mass is 300 g/mol. The molecule has 0 bridgehead atoms. The second-order valence-corrected chi connectivity index (χ2v) is 6.92. The van der Waals surface area contributed by atoms with Gasteiger partial charge in [-0.05, 0) is 50.8 Å². The SMILES string of the molecule is CN1CCCC[C@@H]1C1CCN(C(=O)Cc2ccccc2)CC1. The zero-order valence-electron chi connectivity index (χ0n) is 13.7. The fourth-order valence-corrected chi connectivity index (χ4v) is 4.11. The van der Waals surface area contributed by atoms with E-state index in [0.29, 0.717) is 12.3 Å². The molecular weight excluding hydrogens is 272 g/mol. The van der Waals surface area contributed by atoms with Crippen molar-refractivity contribution in [2.75, 3.05) is 26.7 Å². The standard InChI is InChI=1S/C19H28N2O/c1-20-12-6-5-9-18(20)17-10-13-21(14-11-17)19(22)15-16-7-3-2-4-8-16/h2-4,7-8,17-18H,5-6,9-15H2,1H3/t18-/m1/s1. The largest absolute Gasteiger partial charge is 0.342 e. The minimum atomic E-state index is 0.293. The van der Waals surface area contributed by atoms with E-state index >= 15 is 0 Å². The third-order valence-corrected chi connectivity index (χ3v) is 5.46. The summed E-state index contributed by atoms with van der Waals surface area (Å²) in [5, 5.41) is 0. The van der Waals surface area contributed by atoms with Crippen molar-refractivity contribution in [3.63, 3.8) is 0 Å². The fourth-order valence-electron chi connectivity index (χ4n) is 4.11. The van der Waals surface area contributed by atoms with Crippen LogP contribution in [0.25, 0.3) is 0 Å². The summed E-state index contributed by atoms with van der Waals surface area (Å²) in [5.74, 6) is 1.08. The summed E-state index contributed by atoms with van der Waals surface area (Å²) in [6, 6.07) is 10.9. The molecule has 1 atom stereocenters. The molecule has 2 aliphatic rings. The Morgan fingerprint density at radius 2 is 1.77 bits per heavy atom. The molecule has 22 heavy (non-hydrogen) atoms. The van der Waals surface area contributed by atoms with Gasteiger partial charge in [0.05, 0.1) is 6.42 Å². The van der Waals surface area contributed by atoms with E-state index in [2.05, 4.69) is 16.8 Å². The molecule has 3 rings (SSSR count). The van der Waals surface area contributed by atoms with Crippen LogP contribution in [0.3, 0.4) is 0 Å². The smallest absolute Gasteiger partial charge is 0.226 e. The van der Waals surface area contributed by atoms with E-state index in [1.165, 1.54) is 38.6 Å². The molecule has 2 heterocycles. The third kappa shape index (κ3) is 3.70. The number of benzene rings is 1. The van der Waals surface area contributed by atoms with Crippen molar-refractivity contribution in [2.45, 2.75) is 44.6 Å². The Hall–Kier alpha value is -1.35. The lowest BCUT2D eigenvalue weighted by atomic mass is 9.84. The number of hydrogen-bond acceptors (Lipinski definition) is 2. The molecule has 1 aromatic rings. The molecule has 1 amide bonds. The Morgan fingerprint density at radius 3 is 2.45 bits per heavy atom. The first-order chi connectivity index (χ1) is 10.7. The van der Waals surface area contributed by atoms with Crippen LogP contribution in [0, 0.1) is 5.92 Å². The maximum absolute atomic E-state index is 12.4. The molecule has 0 spiro atoms. The molecule has 2 fully saturated rings. The summed E-state index contributed by atoms with van der Waals surface area (Å²) in [6.07, 6.45) is 6.97. The van der Waals surface area contributed by atoms with E-state index < -0.39 is 0 Å². The van der Waals surface area contributed by atoms with Gasteiger partial charge in [-0.3, -0.25) is 4.79 Å². The summed E-state index contributed by atoms with van der Waals surface area (Å²) in [7, 11) is 2.27. The molecule has 0 unspecified atom stereocenters. The molecule has 120 valence electrons. The number of likely N-dealkylation sites (tertiary alicyclic amines) is 2. The average Bonchev–Trinajstić information content (AvgIpc) is 2.56. The van der Waals surface area contributed by atoms with Gasteiger partial charge in [-0.2, -0.15) is 0 Å². The topological polar surface area (TPSA) is 23.6 Å². The van der Waals surface area contributed by atoms with E-state index in [9.17, 15) is 4.79 Å². The van der Waals surface area contributed by atoms with Crippen molar-refractivity contribution >= 4 is 5.91 Å². The molecule has 3 nitrogen and oxygen atoms in total. The van der Waals surface area contributed by atoms with Gasteiger partial charge in [0.1, 0.15) is 0 Å². The highest BCUT2D eigenvalue weighted by atomic mass is 16.2. The summed E-state index contributed by atoms with van der Waals surface area (Å²) >= 11 is 0. The van der Waals surface area contributed by atoms with Gasteiger partial charge in [-0.15, -0.1) is 0 Å². The normalized spacial score (nSPS) is 24.4. The Balaban J connectivity index is 1.50. The van der Waals surface area contributed by atoms with Gasteiger partial charge in [0.2, 0.25) is 5.91 Å². The molecule has 0 aromatic heterocycles. The molecule has 0 saturated carbocycles. The third-order valence-electron chi connectivity index (χ3n) is 5.46. The van der Waals surface area contributed by atoms with Crippen molar-refractivity contribution in [3.05, 3.63) is 35.9 Å². The lowest BCUT2D eigenvalue weighted by Gasteiger charge is -2.42. The zero-order chi connectivity index (χ0) is 15.4. The summed E-state index contributed by atoms with van der Waals surface area (Å²) in [4.78, 5) is 17.1. The predicted molar refractivity (Wildman–Crippen MR) is 89.7 cm³/mol. The average molecular weight is 300 g/mol. The van der Waals surface area contributed by atoms with Crippen molar-refractivity contribution in [1.29, 1.82) is 0 Å². The summed E-state index contributed by atoms with van der Waals surface area (Å²) in [5.41, 5.74) is 1.13. The Morgan fingerprint density at radius 1 is 1.05 bits per heavy atom. The Kier molecular flexibility index (Phi) is 5.14. The summed E-state index contributed by atoms with van der Waals surface area (Å²) in [6.45, 7) is 3.14. The van der Waals surface area contributed by atoms with Crippen LogP contribution in [0.15, 0.2) is 30.3 Å². The van der Waals surface area contributed by atoms with Crippen molar-refractivity contribution < 1.29 is 4.79 Å². The highest BCUT2D eigenvalue weighted by Gasteiger charge is 2.31. The van der Waals surface area contributed by atoms with Gasteiger partial charge in [-0.1, -0.05) is 36.8 Å². The van der Waals surface area contributed by atoms with Crippen LogP contribution in [0.5, 0.6) is 0 Å². The van der Waals surface area contributed by atoms with Crippen LogP contribution in [-0.4, -0.2) is 48.4 Å². The number of rotatable bonds is 3. The van der Waals surface area contributed by atoms with E-state index in [1.54, 1.807) is 0 Å². The van der Waals surface area contributed by atoms with Crippen LogP contribution >= 0.6 is 0 Å². The number of carbonyl (C=O) groups excluding carboxylic acids is 1. The van der Waals surface area contributed by atoms with Gasteiger partial charge >= 0.3 is 0 Å². The highest BCUT2D eigenvalue weighted by Crippen LogP contribution is 2.29.